The number of rotatable bonds is 5. The lowest BCUT2D eigenvalue weighted by atomic mass is 9.79. The van der Waals surface area contributed by atoms with E-state index in [-0.39, 0.29) is 29.4 Å². The molecule has 3 aromatic heterocycles. The molecule has 0 radical (unpaired) electrons. The zero-order valence-corrected chi connectivity index (χ0v) is 20.0. The Bertz CT molecular complexity index is 1630. The smallest absolute Gasteiger partial charge is 0.253 e. The maximum Gasteiger partial charge on any atom is 0.253 e. The van der Waals surface area contributed by atoms with Gasteiger partial charge in [-0.15, -0.1) is 10.2 Å². The van der Waals surface area contributed by atoms with Crippen LogP contribution in [0.3, 0.4) is 0 Å². The molecule has 1 aliphatic carbocycles. The number of aromatic hydroxyl groups is 1. The van der Waals surface area contributed by atoms with Crippen LogP contribution in [0, 0.1) is 12.7 Å². The number of aromatic nitrogens is 5. The molecule has 1 amide bonds. The molecule has 9 heteroatoms. The highest BCUT2D eigenvalue weighted by Crippen LogP contribution is 2.39. The lowest BCUT2D eigenvalue weighted by molar-refractivity contribution is 0.0908. The second kappa shape index (κ2) is 9.09. The Morgan fingerprint density at radius 2 is 1.86 bits per heavy atom. The van der Waals surface area contributed by atoms with Gasteiger partial charge < -0.3 is 10.4 Å². The third kappa shape index (κ3) is 4.18. The normalized spacial score (nSPS) is 16.9. The first-order valence-corrected chi connectivity index (χ1v) is 12.0. The fourth-order valence-corrected chi connectivity index (χ4v) is 4.74. The van der Waals surface area contributed by atoms with E-state index in [9.17, 15) is 14.3 Å². The Hall–Kier alpha value is -4.66. The molecule has 2 aromatic carbocycles. The number of fused-ring (bicyclic) bond motifs is 1. The van der Waals surface area contributed by atoms with Crippen LogP contribution >= 0.6 is 0 Å². The zero-order valence-electron chi connectivity index (χ0n) is 20.0. The largest absolute Gasteiger partial charge is 0.506 e. The van der Waals surface area contributed by atoms with Crippen molar-refractivity contribution in [2.24, 2.45) is 0 Å². The molecular weight excluding hydrogens is 471 g/mol. The number of nitrogens with one attached hydrogen (secondary N) is 1. The van der Waals surface area contributed by atoms with Crippen LogP contribution in [0.2, 0.25) is 0 Å². The summed E-state index contributed by atoms with van der Waals surface area (Å²) in [5.74, 6) is 0.529. The van der Waals surface area contributed by atoms with E-state index < -0.39 is 0 Å². The number of hydrogen-bond acceptors (Lipinski definition) is 6. The molecule has 0 saturated heterocycles. The van der Waals surface area contributed by atoms with Crippen molar-refractivity contribution in [3.05, 3.63) is 95.8 Å². The standard InChI is InChI=1S/C28H23FN6O2/c1-16-9-10-23(30-14-16)27-34-33-26(35(27)24-8-3-2-7-22(24)29)18-11-19(12-18)32-28(37)21-6-4-5-17-13-20(36)15-31-25(17)21/h2-10,13-15,18-19,36H,11-12H2,1H3,(H,32,37). The third-order valence-electron chi connectivity index (χ3n) is 6.70. The SMILES string of the molecule is Cc1ccc(-c2nnc(C3CC(NC(=O)c4cccc5cc(O)cnc45)C3)n2-c2ccccc2F)nc1. The van der Waals surface area contributed by atoms with E-state index in [1.165, 1.54) is 12.3 Å². The van der Waals surface area contributed by atoms with Crippen molar-refractivity contribution >= 4 is 16.8 Å². The molecule has 1 saturated carbocycles. The monoisotopic (exact) mass is 494 g/mol. The Morgan fingerprint density at radius 3 is 2.65 bits per heavy atom. The number of benzene rings is 2. The maximum absolute atomic E-state index is 14.9. The summed E-state index contributed by atoms with van der Waals surface area (Å²) in [5, 5.41) is 22.3. The van der Waals surface area contributed by atoms with Crippen LogP contribution in [0.25, 0.3) is 28.1 Å². The minimum absolute atomic E-state index is 0.0146. The van der Waals surface area contributed by atoms with Crippen molar-refractivity contribution in [2.75, 3.05) is 0 Å². The summed E-state index contributed by atoms with van der Waals surface area (Å²) in [6.45, 7) is 1.95. The highest BCUT2D eigenvalue weighted by atomic mass is 19.1. The summed E-state index contributed by atoms with van der Waals surface area (Å²) in [5.41, 5.74) is 2.95. The number of pyridine rings is 2. The second-order valence-electron chi connectivity index (χ2n) is 9.30. The summed E-state index contributed by atoms with van der Waals surface area (Å²) in [6, 6.07) is 17.1. The lowest BCUT2D eigenvalue weighted by Crippen LogP contribution is -2.44. The van der Waals surface area contributed by atoms with Gasteiger partial charge in [-0.1, -0.05) is 30.3 Å². The third-order valence-corrected chi connectivity index (χ3v) is 6.70. The van der Waals surface area contributed by atoms with Crippen LogP contribution in [0.1, 0.15) is 40.5 Å². The molecule has 184 valence electrons. The minimum Gasteiger partial charge on any atom is -0.506 e. The highest BCUT2D eigenvalue weighted by Gasteiger charge is 2.36. The quantitative estimate of drug-likeness (QED) is 0.367. The van der Waals surface area contributed by atoms with Crippen molar-refractivity contribution in [1.82, 2.24) is 30.0 Å². The molecule has 3 heterocycles. The van der Waals surface area contributed by atoms with Crippen LogP contribution in [0.5, 0.6) is 5.75 Å². The van der Waals surface area contributed by atoms with Crippen molar-refractivity contribution in [3.8, 4) is 23.0 Å². The van der Waals surface area contributed by atoms with Gasteiger partial charge in [-0.2, -0.15) is 0 Å². The highest BCUT2D eigenvalue weighted by molar-refractivity contribution is 6.05. The zero-order chi connectivity index (χ0) is 25.5. The Balaban J connectivity index is 1.26. The van der Waals surface area contributed by atoms with E-state index in [1.807, 2.05) is 19.1 Å². The van der Waals surface area contributed by atoms with Gasteiger partial charge in [0.25, 0.3) is 5.91 Å². The molecule has 0 atom stereocenters. The van der Waals surface area contributed by atoms with Crippen LogP contribution in [-0.2, 0) is 0 Å². The summed E-state index contributed by atoms with van der Waals surface area (Å²) in [4.78, 5) is 21.7. The number of nitrogens with zero attached hydrogens (tertiary/aromatic N) is 5. The average molecular weight is 495 g/mol. The molecule has 6 rings (SSSR count). The molecule has 5 aromatic rings. The number of para-hydroxylation sites is 2. The lowest BCUT2D eigenvalue weighted by Gasteiger charge is -2.35. The molecule has 1 aliphatic rings. The van der Waals surface area contributed by atoms with Gasteiger partial charge in [-0.25, -0.2) is 4.39 Å². The number of carbonyl (C=O) groups excluding carboxylic acids is 1. The first-order chi connectivity index (χ1) is 18.0. The topological polar surface area (TPSA) is 106 Å². The number of hydrogen-bond donors (Lipinski definition) is 2. The van der Waals surface area contributed by atoms with Gasteiger partial charge in [0.05, 0.1) is 23.0 Å². The van der Waals surface area contributed by atoms with E-state index in [4.69, 9.17) is 0 Å². The maximum atomic E-state index is 14.9. The molecule has 8 nitrogen and oxygen atoms in total. The predicted octanol–water partition coefficient (Wildman–Crippen LogP) is 4.71. The number of halogens is 1. The molecule has 37 heavy (non-hydrogen) atoms. The van der Waals surface area contributed by atoms with E-state index in [2.05, 4.69) is 25.5 Å². The molecule has 0 unspecified atom stereocenters. The van der Waals surface area contributed by atoms with Crippen LogP contribution < -0.4 is 5.32 Å². The summed E-state index contributed by atoms with van der Waals surface area (Å²) in [7, 11) is 0. The van der Waals surface area contributed by atoms with Gasteiger partial charge in [0.1, 0.15) is 23.1 Å². The summed E-state index contributed by atoms with van der Waals surface area (Å²) < 4.78 is 16.6. The van der Waals surface area contributed by atoms with E-state index in [1.54, 1.807) is 53.2 Å². The van der Waals surface area contributed by atoms with Crippen molar-refractivity contribution < 1.29 is 14.3 Å². The van der Waals surface area contributed by atoms with Gasteiger partial charge in [0.2, 0.25) is 0 Å². The second-order valence-corrected chi connectivity index (χ2v) is 9.30. The Labute approximate surface area is 211 Å². The molecule has 0 aliphatic heterocycles. The fraction of sp³-hybridized carbons (Fsp3) is 0.179. The number of aryl methyl sites for hydroxylation is 1. The fourth-order valence-electron chi connectivity index (χ4n) is 4.74. The van der Waals surface area contributed by atoms with Gasteiger partial charge in [-0.3, -0.25) is 19.3 Å². The molecule has 1 fully saturated rings. The van der Waals surface area contributed by atoms with E-state index in [0.29, 0.717) is 52.3 Å². The predicted molar refractivity (Wildman–Crippen MR) is 136 cm³/mol. The van der Waals surface area contributed by atoms with Gasteiger partial charge in [-0.05, 0) is 55.7 Å². The average Bonchev–Trinajstić information content (AvgIpc) is 3.30. The molecule has 0 spiro atoms. The van der Waals surface area contributed by atoms with Crippen LogP contribution in [-0.4, -0.2) is 41.8 Å². The summed E-state index contributed by atoms with van der Waals surface area (Å²) >= 11 is 0. The molecule has 2 N–H and O–H groups in total. The van der Waals surface area contributed by atoms with Crippen molar-refractivity contribution in [1.29, 1.82) is 0 Å². The summed E-state index contributed by atoms with van der Waals surface area (Å²) in [6.07, 6.45) is 4.35. The van der Waals surface area contributed by atoms with E-state index in [0.717, 1.165) is 5.56 Å². The van der Waals surface area contributed by atoms with Gasteiger partial charge >= 0.3 is 0 Å². The Kier molecular flexibility index (Phi) is 5.60. The van der Waals surface area contributed by atoms with Crippen LogP contribution in [0.4, 0.5) is 4.39 Å². The first-order valence-electron chi connectivity index (χ1n) is 12.0. The number of carbonyl (C=O) groups is 1. The Morgan fingerprint density at radius 1 is 1.03 bits per heavy atom. The number of amides is 1. The molecular formula is C28H23FN6O2. The molecule has 0 bridgehead atoms. The van der Waals surface area contributed by atoms with Crippen molar-refractivity contribution in [3.63, 3.8) is 0 Å². The van der Waals surface area contributed by atoms with Gasteiger partial charge in [0.15, 0.2) is 5.82 Å². The first kappa shape index (κ1) is 22.8. The van der Waals surface area contributed by atoms with Gasteiger partial charge in [0, 0.05) is 23.5 Å². The minimum atomic E-state index is -0.379. The van der Waals surface area contributed by atoms with Crippen molar-refractivity contribution in [2.45, 2.75) is 31.7 Å². The van der Waals surface area contributed by atoms with E-state index >= 15 is 0 Å². The van der Waals surface area contributed by atoms with Crippen LogP contribution in [0.15, 0.2) is 73.1 Å².